The molecule has 0 amide bonds. The summed E-state index contributed by atoms with van der Waals surface area (Å²) in [6, 6.07) is 23.5. The van der Waals surface area contributed by atoms with E-state index in [2.05, 4.69) is 70.3 Å². The Balaban J connectivity index is 0.988. The fourth-order valence-electron chi connectivity index (χ4n) is 5.31. The van der Waals surface area contributed by atoms with Crippen molar-refractivity contribution in [3.63, 3.8) is 0 Å². The van der Waals surface area contributed by atoms with Gasteiger partial charge < -0.3 is 24.6 Å². The summed E-state index contributed by atoms with van der Waals surface area (Å²) < 4.78 is 11.9. The molecule has 0 saturated carbocycles. The minimum Gasteiger partial charge on any atom is -0.494 e. The first-order valence-electron chi connectivity index (χ1n) is 14.9. The average Bonchev–Trinajstić information content (AvgIpc) is 2.98. The predicted octanol–water partition coefficient (Wildman–Crippen LogP) is 6.80. The molecule has 1 N–H and O–H groups in total. The third kappa shape index (κ3) is 8.79. The van der Waals surface area contributed by atoms with Gasteiger partial charge in [-0.15, -0.1) is 0 Å². The van der Waals surface area contributed by atoms with Gasteiger partial charge in [-0.05, 0) is 80.5 Å². The number of ether oxygens (including phenoxy) is 2. The summed E-state index contributed by atoms with van der Waals surface area (Å²) in [6.45, 7) is 14.1. The summed E-state index contributed by atoms with van der Waals surface area (Å²) in [4.78, 5) is 10.1. The molecular formula is C33H43ClN4O2S. The second kappa shape index (κ2) is 15.2. The van der Waals surface area contributed by atoms with Gasteiger partial charge in [-0.25, -0.2) is 0 Å². The highest BCUT2D eigenvalue weighted by molar-refractivity contribution is 7.99. The van der Waals surface area contributed by atoms with Gasteiger partial charge in [0.05, 0.1) is 18.0 Å². The van der Waals surface area contributed by atoms with Crippen molar-refractivity contribution < 1.29 is 9.47 Å². The minimum absolute atomic E-state index is 0.517. The quantitative estimate of drug-likeness (QED) is 0.206. The van der Waals surface area contributed by atoms with Crippen LogP contribution in [0, 0.1) is 0 Å². The molecule has 2 heterocycles. The fourth-order valence-corrected chi connectivity index (χ4v) is 6.55. The van der Waals surface area contributed by atoms with Crippen molar-refractivity contribution in [3.05, 3.63) is 71.8 Å². The molecule has 0 atom stereocenters. The van der Waals surface area contributed by atoms with Gasteiger partial charge in [0, 0.05) is 60.1 Å². The lowest BCUT2D eigenvalue weighted by atomic mass is 10.2. The van der Waals surface area contributed by atoms with E-state index in [1.54, 1.807) is 0 Å². The molecule has 220 valence electrons. The van der Waals surface area contributed by atoms with E-state index in [1.807, 2.05) is 42.1 Å². The monoisotopic (exact) mass is 594 g/mol. The van der Waals surface area contributed by atoms with Crippen molar-refractivity contribution in [1.82, 2.24) is 15.1 Å². The van der Waals surface area contributed by atoms with Crippen molar-refractivity contribution in [2.24, 2.45) is 0 Å². The van der Waals surface area contributed by atoms with Crippen molar-refractivity contribution in [2.75, 3.05) is 70.5 Å². The number of piperazine rings is 1. The molecule has 3 aromatic rings. The van der Waals surface area contributed by atoms with E-state index in [0.717, 1.165) is 88.3 Å². The molecule has 2 aliphatic heterocycles. The lowest BCUT2D eigenvalue weighted by Crippen LogP contribution is -2.47. The van der Waals surface area contributed by atoms with Gasteiger partial charge >= 0.3 is 0 Å². The molecule has 0 aliphatic carbocycles. The molecule has 0 spiro atoms. The van der Waals surface area contributed by atoms with E-state index < -0.39 is 0 Å². The number of hydrogen-bond acceptors (Lipinski definition) is 7. The maximum atomic E-state index is 6.38. The lowest BCUT2D eigenvalue weighted by molar-refractivity contribution is 0.116. The van der Waals surface area contributed by atoms with E-state index in [9.17, 15) is 0 Å². The van der Waals surface area contributed by atoms with Crippen LogP contribution in [0.4, 0.5) is 11.4 Å². The summed E-state index contributed by atoms with van der Waals surface area (Å²) in [6.07, 6.45) is 2.11. The van der Waals surface area contributed by atoms with Crippen LogP contribution in [0.3, 0.4) is 0 Å². The maximum Gasteiger partial charge on any atom is 0.119 e. The summed E-state index contributed by atoms with van der Waals surface area (Å²) in [5.74, 6) is 1.80. The van der Waals surface area contributed by atoms with Gasteiger partial charge in [0.2, 0.25) is 0 Å². The molecule has 41 heavy (non-hydrogen) atoms. The summed E-state index contributed by atoms with van der Waals surface area (Å²) in [5, 5.41) is 4.20. The zero-order valence-electron chi connectivity index (χ0n) is 24.4. The predicted molar refractivity (Wildman–Crippen MR) is 172 cm³/mol. The van der Waals surface area contributed by atoms with Crippen molar-refractivity contribution in [3.8, 4) is 11.5 Å². The Morgan fingerprint density at radius 1 is 0.756 bits per heavy atom. The van der Waals surface area contributed by atoms with E-state index in [4.69, 9.17) is 21.1 Å². The van der Waals surface area contributed by atoms with Crippen LogP contribution in [0.5, 0.6) is 11.5 Å². The smallest absolute Gasteiger partial charge is 0.119 e. The van der Waals surface area contributed by atoms with Crippen LogP contribution in [0.25, 0.3) is 0 Å². The zero-order valence-corrected chi connectivity index (χ0v) is 25.9. The Morgan fingerprint density at radius 2 is 1.41 bits per heavy atom. The summed E-state index contributed by atoms with van der Waals surface area (Å²) >= 11 is 8.22. The van der Waals surface area contributed by atoms with Crippen LogP contribution in [0.1, 0.15) is 26.7 Å². The molecule has 0 aromatic heterocycles. The average molecular weight is 595 g/mol. The van der Waals surface area contributed by atoms with E-state index in [0.29, 0.717) is 12.6 Å². The largest absolute Gasteiger partial charge is 0.494 e. The first-order chi connectivity index (χ1) is 20.0. The minimum atomic E-state index is 0.517. The Hall–Kier alpha value is -2.42. The Kier molecular flexibility index (Phi) is 11.1. The molecule has 0 bridgehead atoms. The molecule has 1 fully saturated rings. The second-order valence-electron chi connectivity index (χ2n) is 11.0. The summed E-state index contributed by atoms with van der Waals surface area (Å²) in [5.41, 5.74) is 2.51. The molecule has 0 unspecified atom stereocenters. The number of nitrogens with zero attached hydrogens (tertiary/aromatic N) is 3. The normalized spacial score (nSPS) is 15.6. The van der Waals surface area contributed by atoms with Crippen LogP contribution in [0.15, 0.2) is 76.5 Å². The van der Waals surface area contributed by atoms with Crippen LogP contribution in [-0.2, 0) is 0 Å². The third-order valence-corrected chi connectivity index (χ3v) is 8.92. The molecule has 3 aromatic carbocycles. The first kappa shape index (κ1) is 30.1. The van der Waals surface area contributed by atoms with E-state index >= 15 is 0 Å². The molecule has 8 heteroatoms. The number of anilines is 2. The molecular weight excluding hydrogens is 552 g/mol. The number of hydrogen-bond donors (Lipinski definition) is 1. The molecule has 0 radical (unpaired) electrons. The van der Waals surface area contributed by atoms with Gasteiger partial charge in [-0.1, -0.05) is 49.3 Å². The highest BCUT2D eigenvalue weighted by Gasteiger charge is 2.24. The Morgan fingerprint density at radius 3 is 2.15 bits per heavy atom. The maximum absolute atomic E-state index is 6.38. The number of fused-ring (bicyclic) bond motifs is 2. The van der Waals surface area contributed by atoms with Crippen molar-refractivity contribution in [2.45, 2.75) is 42.5 Å². The molecule has 6 nitrogen and oxygen atoms in total. The number of benzene rings is 3. The number of halogens is 1. The van der Waals surface area contributed by atoms with Crippen LogP contribution < -0.4 is 19.7 Å². The second-order valence-corrected chi connectivity index (χ2v) is 12.5. The number of rotatable bonds is 14. The fraction of sp³-hybridized carbons (Fsp3) is 0.455. The van der Waals surface area contributed by atoms with Gasteiger partial charge in [0.1, 0.15) is 18.1 Å². The topological polar surface area (TPSA) is 40.2 Å². The van der Waals surface area contributed by atoms with Crippen LogP contribution >= 0.6 is 23.4 Å². The Bertz CT molecular complexity index is 1230. The highest BCUT2D eigenvalue weighted by Crippen LogP contribution is 2.48. The van der Waals surface area contributed by atoms with E-state index in [1.165, 1.54) is 21.2 Å². The van der Waals surface area contributed by atoms with Gasteiger partial charge in [0.15, 0.2) is 0 Å². The zero-order chi connectivity index (χ0) is 28.4. The van der Waals surface area contributed by atoms with Gasteiger partial charge in [0.25, 0.3) is 0 Å². The first-order valence-corrected chi connectivity index (χ1v) is 16.1. The third-order valence-electron chi connectivity index (χ3n) is 7.55. The molecule has 2 aliphatic rings. The highest BCUT2D eigenvalue weighted by atomic mass is 35.5. The number of para-hydroxylation sites is 1. The SMILES string of the molecule is CC(C)NCCCOc1ccc(OCCN2CCN(CCCN3c4ccccc4Sc4ccc(Cl)cc43)CC2)cc1. The Labute approximate surface area is 254 Å². The summed E-state index contributed by atoms with van der Waals surface area (Å²) in [7, 11) is 0. The van der Waals surface area contributed by atoms with Crippen molar-refractivity contribution >= 4 is 34.7 Å². The van der Waals surface area contributed by atoms with Crippen molar-refractivity contribution in [1.29, 1.82) is 0 Å². The van der Waals surface area contributed by atoms with E-state index in [-0.39, 0.29) is 0 Å². The molecule has 1 saturated heterocycles. The molecule has 5 rings (SSSR count). The van der Waals surface area contributed by atoms with Crippen LogP contribution in [-0.4, -0.2) is 81.4 Å². The lowest BCUT2D eigenvalue weighted by Gasteiger charge is -2.36. The van der Waals surface area contributed by atoms with Gasteiger partial charge in [-0.3, -0.25) is 4.90 Å². The van der Waals surface area contributed by atoms with Gasteiger partial charge in [-0.2, -0.15) is 0 Å². The number of nitrogens with one attached hydrogen (secondary N) is 1. The standard InChI is InChI=1S/C33H43ClN4O2S/c1-26(2)35-15-5-23-39-28-10-12-29(13-11-28)40-24-22-37-20-18-36(19-21-37)16-6-17-38-30-7-3-4-8-32(30)41-33-14-9-27(34)25-31(33)38/h3-4,7-14,25-26,35H,5-6,15-24H2,1-2H3. The van der Waals surface area contributed by atoms with Crippen LogP contribution in [0.2, 0.25) is 5.02 Å².